The predicted molar refractivity (Wildman–Crippen MR) is 110 cm³/mol. The average Bonchev–Trinajstić information content (AvgIpc) is 3.04. The van der Waals surface area contributed by atoms with Gasteiger partial charge in [-0.05, 0) is 36.4 Å². The molecule has 7 heteroatoms. The summed E-state index contributed by atoms with van der Waals surface area (Å²) in [7, 11) is 1.23. The first kappa shape index (κ1) is 19.4. The van der Waals surface area contributed by atoms with Crippen molar-refractivity contribution < 1.29 is 14.3 Å². The maximum Gasteiger partial charge on any atom is 0.348 e. The number of hydrogen-bond donors (Lipinski definition) is 1. The minimum atomic E-state index is -0.702. The van der Waals surface area contributed by atoms with E-state index < -0.39 is 5.97 Å². The van der Waals surface area contributed by atoms with Crippen molar-refractivity contribution in [2.45, 2.75) is 6.54 Å². The molecule has 3 rings (SSSR count). The van der Waals surface area contributed by atoms with Gasteiger partial charge in [-0.2, -0.15) is 5.26 Å². The van der Waals surface area contributed by atoms with Crippen LogP contribution < -0.4 is 5.32 Å². The first-order chi connectivity index (χ1) is 13.5. The second kappa shape index (κ2) is 8.55. The first-order valence-electron chi connectivity index (χ1n) is 8.35. The van der Waals surface area contributed by atoms with E-state index in [1.807, 2.05) is 42.5 Å². The molecule has 6 nitrogen and oxygen atoms in total. The molecule has 1 heterocycles. The van der Waals surface area contributed by atoms with Gasteiger partial charge < -0.3 is 14.6 Å². The van der Waals surface area contributed by atoms with E-state index in [1.54, 1.807) is 22.9 Å². The summed E-state index contributed by atoms with van der Waals surface area (Å²) in [5.41, 5.74) is 2.07. The molecular formula is C21H16BrN3O3. The number of anilines is 1. The van der Waals surface area contributed by atoms with E-state index in [4.69, 9.17) is 0 Å². The monoisotopic (exact) mass is 437 g/mol. The minimum Gasteiger partial charge on any atom is -0.465 e. The lowest BCUT2D eigenvalue weighted by Crippen LogP contribution is -2.18. The van der Waals surface area contributed by atoms with E-state index in [1.165, 1.54) is 13.2 Å². The van der Waals surface area contributed by atoms with E-state index >= 15 is 0 Å². The third kappa shape index (κ3) is 4.30. The fourth-order valence-corrected chi connectivity index (χ4v) is 3.08. The molecule has 0 atom stereocenters. The van der Waals surface area contributed by atoms with Gasteiger partial charge in [0.1, 0.15) is 18.2 Å². The molecule has 140 valence electrons. The van der Waals surface area contributed by atoms with Gasteiger partial charge in [-0.3, -0.25) is 4.79 Å². The third-order valence-corrected chi connectivity index (χ3v) is 4.62. The van der Waals surface area contributed by atoms with Gasteiger partial charge in [-0.1, -0.05) is 34.1 Å². The van der Waals surface area contributed by atoms with E-state index in [0.717, 1.165) is 15.4 Å². The van der Waals surface area contributed by atoms with Crippen LogP contribution in [0.2, 0.25) is 0 Å². The zero-order chi connectivity index (χ0) is 20.1. The second-order valence-electron chi connectivity index (χ2n) is 5.95. The SMILES string of the molecule is COC(=O)/C(C#N)=C/c1cn(CC(=O)Nc2ccc(Br)cc2)c2ccccc12. The van der Waals surface area contributed by atoms with Crippen molar-refractivity contribution in [2.75, 3.05) is 12.4 Å². The number of methoxy groups -OCH3 is 1. The maximum atomic E-state index is 12.5. The molecule has 0 spiro atoms. The topological polar surface area (TPSA) is 84.1 Å². The van der Waals surface area contributed by atoms with E-state index in [-0.39, 0.29) is 18.0 Å². The number of esters is 1. The van der Waals surface area contributed by atoms with Gasteiger partial charge in [0.15, 0.2) is 0 Å². The Hall–Kier alpha value is -3.37. The smallest absolute Gasteiger partial charge is 0.348 e. The molecule has 0 saturated carbocycles. The molecule has 3 aromatic rings. The van der Waals surface area contributed by atoms with Gasteiger partial charge in [0.05, 0.1) is 7.11 Å². The molecule has 1 N–H and O–H groups in total. The molecule has 0 unspecified atom stereocenters. The summed E-state index contributed by atoms with van der Waals surface area (Å²) in [6.45, 7) is 0.0878. The van der Waals surface area contributed by atoms with Gasteiger partial charge in [0.2, 0.25) is 5.91 Å². The van der Waals surface area contributed by atoms with E-state index in [9.17, 15) is 14.9 Å². The quantitative estimate of drug-likeness (QED) is 0.369. The summed E-state index contributed by atoms with van der Waals surface area (Å²) in [4.78, 5) is 24.2. The zero-order valence-electron chi connectivity index (χ0n) is 15.0. The van der Waals surface area contributed by atoms with Gasteiger partial charge in [-0.15, -0.1) is 0 Å². The van der Waals surface area contributed by atoms with Crippen molar-refractivity contribution in [1.82, 2.24) is 4.57 Å². The molecule has 0 aliphatic heterocycles. The highest BCUT2D eigenvalue weighted by Crippen LogP contribution is 2.24. The number of benzene rings is 2. The van der Waals surface area contributed by atoms with Crippen LogP contribution in [0.15, 0.2) is 64.8 Å². The van der Waals surface area contributed by atoms with Crippen LogP contribution >= 0.6 is 15.9 Å². The van der Waals surface area contributed by atoms with Gasteiger partial charge in [-0.25, -0.2) is 4.79 Å². The molecule has 0 fully saturated rings. The number of carbonyl (C=O) groups excluding carboxylic acids is 2. The fourth-order valence-electron chi connectivity index (χ4n) is 2.81. The zero-order valence-corrected chi connectivity index (χ0v) is 16.6. The number of carbonyl (C=O) groups is 2. The number of fused-ring (bicyclic) bond motifs is 1. The Morgan fingerprint density at radius 1 is 1.21 bits per heavy atom. The number of para-hydroxylation sites is 1. The van der Waals surface area contributed by atoms with Gasteiger partial charge in [0, 0.05) is 32.8 Å². The number of nitrogens with one attached hydrogen (secondary N) is 1. The summed E-state index contributed by atoms with van der Waals surface area (Å²) in [6.07, 6.45) is 3.21. The van der Waals surface area contributed by atoms with Crippen LogP contribution in [0, 0.1) is 11.3 Å². The van der Waals surface area contributed by atoms with Crippen LogP contribution in [0.3, 0.4) is 0 Å². The highest BCUT2D eigenvalue weighted by molar-refractivity contribution is 9.10. The molecule has 0 radical (unpaired) electrons. The Labute approximate surface area is 170 Å². The van der Waals surface area contributed by atoms with Crippen molar-refractivity contribution in [3.05, 3.63) is 70.3 Å². The third-order valence-electron chi connectivity index (χ3n) is 4.09. The molecule has 0 aliphatic rings. The van der Waals surface area contributed by atoms with Crippen molar-refractivity contribution in [1.29, 1.82) is 5.26 Å². The maximum absolute atomic E-state index is 12.5. The Kier molecular flexibility index (Phi) is 5.92. The summed E-state index contributed by atoms with van der Waals surface area (Å²) >= 11 is 3.36. The van der Waals surface area contributed by atoms with Crippen molar-refractivity contribution in [3.63, 3.8) is 0 Å². The van der Waals surface area contributed by atoms with Gasteiger partial charge >= 0.3 is 5.97 Å². The lowest BCUT2D eigenvalue weighted by atomic mass is 10.1. The molecule has 1 amide bonds. The Morgan fingerprint density at radius 3 is 2.61 bits per heavy atom. The molecule has 28 heavy (non-hydrogen) atoms. The number of amides is 1. The van der Waals surface area contributed by atoms with Crippen LogP contribution in [0.1, 0.15) is 5.56 Å². The second-order valence-corrected chi connectivity index (χ2v) is 6.86. The summed E-state index contributed by atoms with van der Waals surface area (Å²) in [5.74, 6) is -0.889. The molecule has 0 aliphatic carbocycles. The predicted octanol–water partition coefficient (Wildman–Crippen LogP) is 4.12. The van der Waals surface area contributed by atoms with Crippen LogP contribution in [0.25, 0.3) is 17.0 Å². The molecular weight excluding hydrogens is 422 g/mol. The van der Waals surface area contributed by atoms with Crippen LogP contribution in [0.4, 0.5) is 5.69 Å². The highest BCUT2D eigenvalue weighted by Gasteiger charge is 2.14. The normalized spacial score (nSPS) is 11.1. The van der Waals surface area contributed by atoms with E-state index in [2.05, 4.69) is 26.0 Å². The summed E-state index contributed by atoms with van der Waals surface area (Å²) in [6, 6.07) is 16.6. The number of rotatable bonds is 5. The number of ether oxygens (including phenoxy) is 1. The van der Waals surface area contributed by atoms with Crippen molar-refractivity contribution >= 4 is 50.5 Å². The Morgan fingerprint density at radius 2 is 1.93 bits per heavy atom. The molecule has 0 saturated heterocycles. The lowest BCUT2D eigenvalue weighted by molar-refractivity contribution is -0.135. The number of nitriles is 1. The van der Waals surface area contributed by atoms with Gasteiger partial charge in [0.25, 0.3) is 0 Å². The minimum absolute atomic E-state index is 0.0878. The standard InChI is InChI=1S/C21H16BrN3O3/c1-28-21(27)14(11-23)10-15-12-25(19-5-3-2-4-18(15)19)13-20(26)24-17-8-6-16(22)7-9-17/h2-10,12H,13H2,1H3,(H,24,26)/b14-10+. The highest BCUT2D eigenvalue weighted by atomic mass is 79.9. The fraction of sp³-hybridized carbons (Fsp3) is 0.0952. The molecule has 2 aromatic carbocycles. The first-order valence-corrected chi connectivity index (χ1v) is 9.14. The summed E-state index contributed by atoms with van der Waals surface area (Å²) < 4.78 is 7.34. The van der Waals surface area contributed by atoms with Crippen LogP contribution in [-0.4, -0.2) is 23.6 Å². The largest absolute Gasteiger partial charge is 0.465 e. The number of nitrogens with zero attached hydrogens (tertiary/aromatic N) is 2. The van der Waals surface area contributed by atoms with Crippen LogP contribution in [-0.2, 0) is 20.9 Å². The van der Waals surface area contributed by atoms with Crippen molar-refractivity contribution in [2.24, 2.45) is 0 Å². The Balaban J connectivity index is 1.91. The number of halogens is 1. The Bertz CT molecular complexity index is 1110. The average molecular weight is 438 g/mol. The number of aromatic nitrogens is 1. The molecule has 1 aromatic heterocycles. The number of hydrogen-bond acceptors (Lipinski definition) is 4. The van der Waals surface area contributed by atoms with Crippen molar-refractivity contribution in [3.8, 4) is 6.07 Å². The van der Waals surface area contributed by atoms with E-state index in [0.29, 0.717) is 11.3 Å². The summed E-state index contributed by atoms with van der Waals surface area (Å²) in [5, 5.41) is 12.9. The lowest BCUT2D eigenvalue weighted by Gasteiger charge is -2.07. The van der Waals surface area contributed by atoms with Crippen LogP contribution in [0.5, 0.6) is 0 Å². The molecule has 0 bridgehead atoms.